The summed E-state index contributed by atoms with van der Waals surface area (Å²) in [6, 6.07) is 14.3. The standard InChI is InChI=1S/C37H42FN9O3/c1-23(15-46-17-26(38)18-46)36(48)43-28-3-2-12-45(19-28)16-24-10-11-39-33(13-24)37(49)42-27-6-4-25(5-7-27)32-14-31-34(44-32)40-22-41-35(31)47-29-8-9-30(47)21-50-20-29/h4-7,10-11,13-14,22,26,28-30H,1-3,8-9,12,15-21H2,(H,42,49)(H,43,48)(H,40,41,44). The van der Waals surface area contributed by atoms with Crippen molar-refractivity contribution in [2.75, 3.05) is 56.2 Å². The van der Waals surface area contributed by atoms with Crippen molar-refractivity contribution in [2.45, 2.75) is 56.5 Å². The zero-order chi connectivity index (χ0) is 34.2. The number of nitrogens with zero attached hydrogens (tertiary/aromatic N) is 6. The van der Waals surface area contributed by atoms with Crippen LogP contribution in [-0.2, 0) is 16.1 Å². The highest BCUT2D eigenvalue weighted by atomic mass is 19.1. The Morgan fingerprint density at radius 1 is 0.980 bits per heavy atom. The Hall–Kier alpha value is -4.72. The summed E-state index contributed by atoms with van der Waals surface area (Å²) in [4.78, 5) is 49.5. The second-order valence-electron chi connectivity index (χ2n) is 14.0. The first-order valence-electron chi connectivity index (χ1n) is 17.5. The van der Waals surface area contributed by atoms with Crippen LogP contribution < -0.4 is 15.5 Å². The number of aromatic amines is 1. The number of aromatic nitrogens is 4. The van der Waals surface area contributed by atoms with Crippen molar-refractivity contribution in [3.8, 4) is 11.3 Å². The van der Waals surface area contributed by atoms with Gasteiger partial charge in [-0.1, -0.05) is 18.7 Å². The Balaban J connectivity index is 0.871. The number of morpholine rings is 1. The Kier molecular flexibility index (Phi) is 9.02. The highest BCUT2D eigenvalue weighted by molar-refractivity contribution is 6.03. The summed E-state index contributed by atoms with van der Waals surface area (Å²) in [6.07, 6.45) is 6.54. The van der Waals surface area contributed by atoms with Crippen LogP contribution in [0, 0.1) is 0 Å². The number of rotatable bonds is 10. The summed E-state index contributed by atoms with van der Waals surface area (Å²) in [6.45, 7) is 8.73. The summed E-state index contributed by atoms with van der Waals surface area (Å²) >= 11 is 0. The number of nitrogens with one attached hydrogen (secondary N) is 3. The van der Waals surface area contributed by atoms with Crippen molar-refractivity contribution in [3.63, 3.8) is 0 Å². The first kappa shape index (κ1) is 32.5. The number of carbonyl (C=O) groups is 2. The molecule has 4 fully saturated rings. The molecule has 4 saturated heterocycles. The first-order chi connectivity index (χ1) is 24.4. The molecule has 1 aromatic carbocycles. The molecule has 260 valence electrons. The van der Waals surface area contributed by atoms with E-state index < -0.39 is 6.17 Å². The lowest BCUT2D eigenvalue weighted by Gasteiger charge is -2.35. The number of H-pyrrole nitrogens is 1. The maximum atomic E-state index is 13.2. The summed E-state index contributed by atoms with van der Waals surface area (Å²) in [7, 11) is 0. The number of halogens is 1. The Morgan fingerprint density at radius 2 is 1.78 bits per heavy atom. The van der Waals surface area contributed by atoms with Gasteiger partial charge >= 0.3 is 0 Å². The van der Waals surface area contributed by atoms with Crippen molar-refractivity contribution in [2.24, 2.45) is 0 Å². The predicted molar refractivity (Wildman–Crippen MR) is 189 cm³/mol. The third-order valence-electron chi connectivity index (χ3n) is 10.3. The third-order valence-corrected chi connectivity index (χ3v) is 10.3. The summed E-state index contributed by atoms with van der Waals surface area (Å²) in [5.74, 6) is 0.501. The average molecular weight is 680 g/mol. The third kappa shape index (κ3) is 6.85. The molecule has 4 aliphatic rings. The van der Waals surface area contributed by atoms with Gasteiger partial charge in [-0.3, -0.25) is 24.4 Å². The molecule has 13 heteroatoms. The van der Waals surface area contributed by atoms with E-state index in [-0.39, 0.29) is 17.9 Å². The predicted octanol–water partition coefficient (Wildman–Crippen LogP) is 3.93. The minimum Gasteiger partial charge on any atom is -0.377 e. The zero-order valence-electron chi connectivity index (χ0n) is 28.0. The van der Waals surface area contributed by atoms with Crippen molar-refractivity contribution >= 4 is 34.4 Å². The molecular formula is C37H42FN9O3. The molecule has 0 radical (unpaired) electrons. The Morgan fingerprint density at radius 3 is 2.56 bits per heavy atom. The highest BCUT2D eigenvalue weighted by Crippen LogP contribution is 2.37. The molecule has 3 aromatic heterocycles. The van der Waals surface area contributed by atoms with E-state index in [1.54, 1.807) is 12.5 Å². The minimum atomic E-state index is -0.803. The van der Waals surface area contributed by atoms with Crippen LogP contribution in [0.1, 0.15) is 41.7 Å². The molecule has 3 atom stereocenters. The van der Waals surface area contributed by atoms with Gasteiger partial charge in [0.15, 0.2) is 0 Å². The van der Waals surface area contributed by atoms with Crippen LogP contribution in [0.4, 0.5) is 15.9 Å². The number of hydrogen-bond donors (Lipinski definition) is 3. The fraction of sp³-hybridized carbons (Fsp3) is 0.432. The maximum Gasteiger partial charge on any atom is 0.274 e. The normalized spacial score (nSPS) is 22.7. The second-order valence-corrected chi connectivity index (χ2v) is 14.0. The molecule has 0 saturated carbocycles. The van der Waals surface area contributed by atoms with E-state index in [0.717, 1.165) is 79.1 Å². The van der Waals surface area contributed by atoms with Crippen LogP contribution in [0.5, 0.6) is 0 Å². The molecule has 2 amide bonds. The number of piperidine rings is 1. The number of likely N-dealkylation sites (tertiary alicyclic amines) is 2. The molecule has 4 aromatic rings. The van der Waals surface area contributed by atoms with Gasteiger partial charge in [-0.15, -0.1) is 0 Å². The maximum absolute atomic E-state index is 13.2. The van der Waals surface area contributed by atoms with Crippen LogP contribution in [0.15, 0.2) is 67.1 Å². The first-order valence-corrected chi connectivity index (χ1v) is 17.5. The van der Waals surface area contributed by atoms with E-state index in [1.807, 2.05) is 41.3 Å². The molecule has 8 rings (SSSR count). The number of ether oxygens (including phenoxy) is 1. The topological polar surface area (TPSA) is 132 Å². The highest BCUT2D eigenvalue weighted by Gasteiger charge is 2.39. The summed E-state index contributed by atoms with van der Waals surface area (Å²) in [5, 5.41) is 7.08. The number of anilines is 2. The zero-order valence-corrected chi connectivity index (χ0v) is 28.0. The van der Waals surface area contributed by atoms with Gasteiger partial charge in [0.1, 0.15) is 29.7 Å². The number of amides is 2. The van der Waals surface area contributed by atoms with Crippen molar-refractivity contribution < 1.29 is 18.7 Å². The van der Waals surface area contributed by atoms with E-state index in [0.29, 0.717) is 61.8 Å². The van der Waals surface area contributed by atoms with Crippen molar-refractivity contribution in [1.29, 1.82) is 0 Å². The fourth-order valence-corrected chi connectivity index (χ4v) is 7.73. The number of alkyl halides is 1. The molecule has 12 nitrogen and oxygen atoms in total. The van der Waals surface area contributed by atoms with Gasteiger partial charge in [0.25, 0.3) is 5.91 Å². The van der Waals surface area contributed by atoms with Gasteiger partial charge in [-0.2, -0.15) is 0 Å². The van der Waals surface area contributed by atoms with Gasteiger partial charge in [-0.25, -0.2) is 14.4 Å². The molecule has 0 spiro atoms. The Labute approximate surface area is 290 Å². The number of pyridine rings is 1. The molecule has 0 aliphatic carbocycles. The van der Waals surface area contributed by atoms with E-state index in [1.165, 1.54) is 0 Å². The molecule has 4 aliphatic heterocycles. The number of hydrogen-bond acceptors (Lipinski definition) is 9. The average Bonchev–Trinajstić information content (AvgIpc) is 3.65. The van der Waals surface area contributed by atoms with Crippen LogP contribution in [0.2, 0.25) is 0 Å². The van der Waals surface area contributed by atoms with Crippen LogP contribution in [0.3, 0.4) is 0 Å². The summed E-state index contributed by atoms with van der Waals surface area (Å²) < 4.78 is 18.9. The smallest absolute Gasteiger partial charge is 0.274 e. The van der Waals surface area contributed by atoms with Gasteiger partial charge < -0.3 is 25.3 Å². The molecule has 50 heavy (non-hydrogen) atoms. The monoisotopic (exact) mass is 679 g/mol. The van der Waals surface area contributed by atoms with Crippen LogP contribution >= 0.6 is 0 Å². The van der Waals surface area contributed by atoms with Gasteiger partial charge in [0, 0.05) is 61.9 Å². The van der Waals surface area contributed by atoms with E-state index in [9.17, 15) is 14.0 Å². The lowest BCUT2D eigenvalue weighted by atomic mass is 10.0. The van der Waals surface area contributed by atoms with Crippen molar-refractivity contribution in [1.82, 2.24) is 35.1 Å². The van der Waals surface area contributed by atoms with Gasteiger partial charge in [-0.05, 0) is 73.7 Å². The lowest BCUT2D eigenvalue weighted by molar-refractivity contribution is -0.119. The fourth-order valence-electron chi connectivity index (χ4n) is 7.73. The summed E-state index contributed by atoms with van der Waals surface area (Å²) in [5.41, 5.74) is 5.15. The Bertz CT molecular complexity index is 1880. The molecular weight excluding hydrogens is 637 g/mol. The van der Waals surface area contributed by atoms with Gasteiger partial charge in [0.05, 0.1) is 30.7 Å². The quantitative estimate of drug-likeness (QED) is 0.214. The van der Waals surface area contributed by atoms with E-state index in [4.69, 9.17) is 4.74 Å². The molecule has 7 heterocycles. The second kappa shape index (κ2) is 13.9. The van der Waals surface area contributed by atoms with Gasteiger partial charge in [0.2, 0.25) is 5.91 Å². The van der Waals surface area contributed by atoms with E-state index in [2.05, 4.69) is 53.0 Å². The van der Waals surface area contributed by atoms with Crippen molar-refractivity contribution in [3.05, 3.63) is 78.4 Å². The number of fused-ring (bicyclic) bond motifs is 3. The molecule has 3 unspecified atom stereocenters. The molecule has 3 N–H and O–H groups in total. The lowest BCUT2D eigenvalue weighted by Crippen LogP contribution is -2.51. The van der Waals surface area contributed by atoms with Crippen LogP contribution in [0.25, 0.3) is 22.3 Å². The van der Waals surface area contributed by atoms with Crippen LogP contribution in [-0.4, -0.2) is 112 Å². The number of carbonyl (C=O) groups excluding carboxylic acids is 2. The minimum absolute atomic E-state index is 0.00472. The largest absolute Gasteiger partial charge is 0.377 e. The number of benzene rings is 1. The molecule has 2 bridgehead atoms. The SMILES string of the molecule is C=C(CN1CC(F)C1)C(=O)NC1CCCN(Cc2ccnc(C(=O)Nc3ccc(-c4cc5c(N6C7CCC6COC7)ncnc5[nH]4)cc3)c2)C1. The van der Waals surface area contributed by atoms with E-state index >= 15 is 0 Å².